The molecule has 1 atom stereocenters. The Kier molecular flexibility index (Phi) is 4.25. The van der Waals surface area contributed by atoms with E-state index in [2.05, 4.69) is 33.2 Å². The van der Waals surface area contributed by atoms with Crippen molar-refractivity contribution in [2.75, 3.05) is 5.75 Å². The second kappa shape index (κ2) is 5.71. The third-order valence-corrected chi connectivity index (χ3v) is 4.20. The smallest absolute Gasteiger partial charge is 0.0698 e. The fraction of sp³-hybridized carbons (Fsp3) is 0.250. The number of thioether (sulfide) groups is 1. The summed E-state index contributed by atoms with van der Waals surface area (Å²) >= 11 is 5.23. The minimum atomic E-state index is -0.0259. The first-order chi connectivity index (χ1) is 8.18. The summed E-state index contributed by atoms with van der Waals surface area (Å²) < 4.78 is 2.79. The van der Waals surface area contributed by atoms with E-state index in [1.165, 1.54) is 4.90 Å². The number of nitrogens with zero attached hydrogens (tertiary/aromatic N) is 2. The maximum Gasteiger partial charge on any atom is 0.0698 e. The number of hydrogen-bond donors (Lipinski definition) is 1. The predicted octanol–water partition coefficient (Wildman–Crippen LogP) is 2.97. The molecule has 0 bridgehead atoms. The van der Waals surface area contributed by atoms with Crippen molar-refractivity contribution in [3.8, 4) is 0 Å². The first-order valence-electron chi connectivity index (χ1n) is 5.29. The molecule has 3 nitrogen and oxygen atoms in total. The monoisotopic (exact) mass is 311 g/mol. The van der Waals surface area contributed by atoms with E-state index >= 15 is 0 Å². The highest BCUT2D eigenvalue weighted by molar-refractivity contribution is 9.10. The summed E-state index contributed by atoms with van der Waals surface area (Å²) in [5, 5.41) is 4.17. The van der Waals surface area contributed by atoms with Gasteiger partial charge in [-0.25, -0.2) is 0 Å². The molecule has 0 radical (unpaired) electrons. The molecule has 1 heterocycles. The van der Waals surface area contributed by atoms with E-state index in [1.807, 2.05) is 29.9 Å². The van der Waals surface area contributed by atoms with Gasteiger partial charge >= 0.3 is 0 Å². The molecule has 2 N–H and O–H groups in total. The van der Waals surface area contributed by atoms with E-state index in [-0.39, 0.29) is 6.04 Å². The molecule has 0 saturated heterocycles. The summed E-state index contributed by atoms with van der Waals surface area (Å²) in [7, 11) is 1.91. The largest absolute Gasteiger partial charge is 0.322 e. The van der Waals surface area contributed by atoms with Crippen LogP contribution in [-0.2, 0) is 7.05 Å². The summed E-state index contributed by atoms with van der Waals surface area (Å²) in [6.45, 7) is 0. The minimum Gasteiger partial charge on any atom is -0.322 e. The lowest BCUT2D eigenvalue weighted by atomic mass is 10.2. The second-order valence-electron chi connectivity index (χ2n) is 3.73. The number of benzene rings is 1. The quantitative estimate of drug-likeness (QED) is 0.883. The molecule has 2 aromatic rings. The highest BCUT2D eigenvalue weighted by atomic mass is 79.9. The number of rotatable bonds is 4. The zero-order chi connectivity index (χ0) is 12.3. The van der Waals surface area contributed by atoms with Gasteiger partial charge in [0.05, 0.1) is 22.4 Å². The highest BCUT2D eigenvalue weighted by Crippen LogP contribution is 2.26. The van der Waals surface area contributed by atoms with Gasteiger partial charge in [0.1, 0.15) is 0 Å². The normalized spacial score (nSPS) is 12.6. The summed E-state index contributed by atoms with van der Waals surface area (Å²) in [5.41, 5.74) is 7.21. The van der Waals surface area contributed by atoms with Crippen LogP contribution in [0.15, 0.2) is 45.9 Å². The van der Waals surface area contributed by atoms with E-state index in [0.29, 0.717) is 0 Å². The molecule has 2 rings (SSSR count). The van der Waals surface area contributed by atoms with Gasteiger partial charge in [0.2, 0.25) is 0 Å². The Balaban J connectivity index is 2.01. The summed E-state index contributed by atoms with van der Waals surface area (Å²) in [5.74, 6) is 0.835. The fourth-order valence-corrected chi connectivity index (χ4v) is 3.14. The first kappa shape index (κ1) is 12.7. The Bertz CT molecular complexity index is 464. The van der Waals surface area contributed by atoms with E-state index in [0.717, 1.165) is 15.9 Å². The van der Waals surface area contributed by atoms with Gasteiger partial charge in [-0.15, -0.1) is 11.8 Å². The average molecular weight is 312 g/mol. The Labute approximate surface area is 114 Å². The molecule has 0 aliphatic rings. The summed E-state index contributed by atoms with van der Waals surface area (Å²) in [6.07, 6.45) is 1.78. The van der Waals surface area contributed by atoms with Gasteiger partial charge in [-0.1, -0.05) is 18.2 Å². The average Bonchev–Trinajstić information content (AvgIpc) is 2.67. The molecule has 5 heteroatoms. The van der Waals surface area contributed by atoms with Crippen LogP contribution in [-0.4, -0.2) is 15.5 Å². The minimum absolute atomic E-state index is 0.0259. The highest BCUT2D eigenvalue weighted by Gasteiger charge is 2.14. The van der Waals surface area contributed by atoms with Gasteiger partial charge in [-0.2, -0.15) is 5.10 Å². The number of aryl methyl sites for hydroxylation is 1. The van der Waals surface area contributed by atoms with Crippen LogP contribution in [0.3, 0.4) is 0 Å². The van der Waals surface area contributed by atoms with Crippen LogP contribution in [0, 0.1) is 0 Å². The fourth-order valence-electron chi connectivity index (χ4n) is 1.62. The molecule has 0 spiro atoms. The third-order valence-electron chi connectivity index (χ3n) is 2.46. The van der Waals surface area contributed by atoms with Crippen molar-refractivity contribution in [2.45, 2.75) is 10.9 Å². The van der Waals surface area contributed by atoms with E-state index in [9.17, 15) is 0 Å². The number of halogens is 1. The van der Waals surface area contributed by atoms with Gasteiger partial charge in [-0.3, -0.25) is 4.68 Å². The topological polar surface area (TPSA) is 43.8 Å². The number of aromatic nitrogens is 2. The lowest BCUT2D eigenvalue weighted by Gasteiger charge is -2.12. The van der Waals surface area contributed by atoms with Crippen LogP contribution in [0.4, 0.5) is 0 Å². The van der Waals surface area contributed by atoms with Crippen LogP contribution in [0.1, 0.15) is 11.7 Å². The van der Waals surface area contributed by atoms with E-state index in [1.54, 1.807) is 18.0 Å². The van der Waals surface area contributed by atoms with E-state index in [4.69, 9.17) is 5.73 Å². The number of nitrogens with two attached hydrogens (primary N) is 1. The standard InChI is InChI=1S/C12H14BrN3S/c1-16-12(10(13)7-15-16)11(14)8-17-9-5-3-2-4-6-9/h2-7,11H,8,14H2,1H3. The van der Waals surface area contributed by atoms with E-state index < -0.39 is 0 Å². The lowest BCUT2D eigenvalue weighted by molar-refractivity contribution is 0.657. The molecule has 0 saturated carbocycles. The zero-order valence-electron chi connectivity index (χ0n) is 9.51. The van der Waals surface area contributed by atoms with Crippen molar-refractivity contribution in [1.82, 2.24) is 9.78 Å². The first-order valence-corrected chi connectivity index (χ1v) is 7.07. The van der Waals surface area contributed by atoms with Crippen molar-refractivity contribution in [2.24, 2.45) is 12.8 Å². The maximum atomic E-state index is 6.18. The molecular formula is C12H14BrN3S. The van der Waals surface area contributed by atoms with Crippen LogP contribution in [0.5, 0.6) is 0 Å². The van der Waals surface area contributed by atoms with Crippen molar-refractivity contribution in [3.63, 3.8) is 0 Å². The van der Waals surface area contributed by atoms with Gasteiger partial charge in [0.25, 0.3) is 0 Å². The molecule has 0 aliphatic carbocycles. The second-order valence-corrected chi connectivity index (χ2v) is 5.68. The molecule has 1 unspecified atom stereocenters. The van der Waals surface area contributed by atoms with Gasteiger partial charge in [0, 0.05) is 17.7 Å². The predicted molar refractivity (Wildman–Crippen MR) is 75.0 cm³/mol. The van der Waals surface area contributed by atoms with Gasteiger partial charge in [0.15, 0.2) is 0 Å². The van der Waals surface area contributed by atoms with Crippen molar-refractivity contribution >= 4 is 27.7 Å². The molecule has 17 heavy (non-hydrogen) atoms. The lowest BCUT2D eigenvalue weighted by Crippen LogP contribution is -2.17. The maximum absolute atomic E-state index is 6.18. The summed E-state index contributed by atoms with van der Waals surface area (Å²) in [4.78, 5) is 1.24. The Hall–Kier alpha value is -0.780. The van der Waals surface area contributed by atoms with Crippen LogP contribution in [0.2, 0.25) is 0 Å². The molecule has 90 valence electrons. The molecule has 0 amide bonds. The zero-order valence-corrected chi connectivity index (χ0v) is 11.9. The van der Waals surface area contributed by atoms with Crippen molar-refractivity contribution in [3.05, 3.63) is 46.7 Å². The van der Waals surface area contributed by atoms with Crippen LogP contribution < -0.4 is 5.73 Å². The summed E-state index contributed by atoms with van der Waals surface area (Å²) in [6, 6.07) is 10.2. The van der Waals surface area contributed by atoms with Gasteiger partial charge < -0.3 is 5.73 Å². The molecular weight excluding hydrogens is 298 g/mol. The van der Waals surface area contributed by atoms with Gasteiger partial charge in [-0.05, 0) is 28.1 Å². The molecule has 1 aromatic heterocycles. The van der Waals surface area contributed by atoms with Crippen molar-refractivity contribution in [1.29, 1.82) is 0 Å². The Morgan fingerprint density at radius 2 is 2.12 bits per heavy atom. The Morgan fingerprint density at radius 3 is 2.71 bits per heavy atom. The number of hydrogen-bond acceptors (Lipinski definition) is 3. The molecule has 1 aromatic carbocycles. The van der Waals surface area contributed by atoms with Crippen molar-refractivity contribution < 1.29 is 0 Å². The third kappa shape index (κ3) is 3.12. The van der Waals surface area contributed by atoms with Crippen LogP contribution >= 0.6 is 27.7 Å². The SMILES string of the molecule is Cn1ncc(Br)c1C(N)CSc1ccccc1. The van der Waals surface area contributed by atoms with Crippen LogP contribution in [0.25, 0.3) is 0 Å². The molecule has 0 aliphatic heterocycles. The Morgan fingerprint density at radius 1 is 1.41 bits per heavy atom. The molecule has 0 fully saturated rings.